The van der Waals surface area contributed by atoms with Crippen LogP contribution in [0.5, 0.6) is 0 Å². The van der Waals surface area contributed by atoms with Gasteiger partial charge in [-0.25, -0.2) is 9.59 Å². The lowest BCUT2D eigenvalue weighted by Gasteiger charge is -2.32. The Kier molecular flexibility index (Phi) is 4.60. The number of nitrogens with one attached hydrogen (secondary N) is 1. The van der Waals surface area contributed by atoms with Crippen LogP contribution < -0.4 is 5.32 Å². The van der Waals surface area contributed by atoms with Crippen LogP contribution in [0, 0.1) is 12.3 Å². The van der Waals surface area contributed by atoms with E-state index >= 15 is 0 Å². The fraction of sp³-hybridized carbons (Fsp3) is 0.692. The van der Waals surface area contributed by atoms with Crippen molar-refractivity contribution in [2.75, 3.05) is 6.54 Å². The molecule has 5 heteroatoms. The van der Waals surface area contributed by atoms with Gasteiger partial charge in [-0.15, -0.1) is 12.3 Å². The Balaban J connectivity index is 2.72. The minimum atomic E-state index is -1.10. The van der Waals surface area contributed by atoms with Crippen LogP contribution in [0.25, 0.3) is 0 Å². The van der Waals surface area contributed by atoms with Crippen molar-refractivity contribution in [1.29, 1.82) is 0 Å². The van der Waals surface area contributed by atoms with Crippen molar-refractivity contribution in [2.24, 2.45) is 0 Å². The molecule has 0 saturated carbocycles. The van der Waals surface area contributed by atoms with Gasteiger partial charge in [0.15, 0.2) is 0 Å². The molecule has 100 valence electrons. The zero-order valence-corrected chi connectivity index (χ0v) is 10.9. The van der Waals surface area contributed by atoms with E-state index in [-0.39, 0.29) is 12.1 Å². The van der Waals surface area contributed by atoms with E-state index in [1.807, 2.05) is 6.92 Å². The summed E-state index contributed by atoms with van der Waals surface area (Å²) in [7, 11) is 0. The molecule has 0 aliphatic carbocycles. The first-order valence-corrected chi connectivity index (χ1v) is 6.20. The van der Waals surface area contributed by atoms with Gasteiger partial charge in [-0.2, -0.15) is 0 Å². The number of carboxylic acids is 1. The second kappa shape index (κ2) is 5.76. The molecule has 0 aromatic rings. The molecule has 2 unspecified atom stereocenters. The summed E-state index contributed by atoms with van der Waals surface area (Å²) >= 11 is 0. The van der Waals surface area contributed by atoms with Gasteiger partial charge in [-0.05, 0) is 26.2 Å². The van der Waals surface area contributed by atoms with E-state index in [0.717, 1.165) is 6.42 Å². The number of aliphatic carboxylic acids is 1. The third kappa shape index (κ3) is 2.76. The average Bonchev–Trinajstić information content (AvgIpc) is 2.72. The van der Waals surface area contributed by atoms with Gasteiger partial charge < -0.3 is 15.3 Å². The molecule has 0 aromatic heterocycles. The molecule has 5 nitrogen and oxygen atoms in total. The number of nitrogens with zero attached hydrogens (tertiary/aromatic N) is 1. The second-order valence-electron chi connectivity index (χ2n) is 4.80. The molecule has 1 rings (SSSR count). The van der Waals surface area contributed by atoms with Crippen molar-refractivity contribution in [2.45, 2.75) is 51.1 Å². The van der Waals surface area contributed by atoms with Crippen LogP contribution in [-0.2, 0) is 4.79 Å². The maximum atomic E-state index is 12.1. The SMILES string of the molecule is C#CCC(CC)NC(=O)N1CCCC1(C)C(=O)O. The Morgan fingerprint density at radius 1 is 1.61 bits per heavy atom. The fourth-order valence-corrected chi connectivity index (χ4v) is 2.20. The zero-order valence-electron chi connectivity index (χ0n) is 10.9. The second-order valence-corrected chi connectivity index (χ2v) is 4.80. The Labute approximate surface area is 108 Å². The number of amides is 2. The van der Waals surface area contributed by atoms with Crippen molar-refractivity contribution >= 4 is 12.0 Å². The van der Waals surface area contributed by atoms with Gasteiger partial charge in [0.25, 0.3) is 0 Å². The van der Waals surface area contributed by atoms with Gasteiger partial charge in [-0.3, -0.25) is 0 Å². The summed E-state index contributed by atoms with van der Waals surface area (Å²) in [6, 6.07) is -0.430. The standard InChI is InChI=1S/C13H20N2O3/c1-4-7-10(5-2)14-12(18)15-9-6-8-13(15,3)11(16)17/h1,10H,5-9H2,2-3H3,(H,14,18)(H,16,17). The maximum Gasteiger partial charge on any atom is 0.329 e. The number of hydrogen-bond donors (Lipinski definition) is 2. The van der Waals surface area contributed by atoms with E-state index < -0.39 is 11.5 Å². The van der Waals surface area contributed by atoms with E-state index in [9.17, 15) is 14.7 Å². The normalized spacial score (nSPS) is 24.4. The van der Waals surface area contributed by atoms with Gasteiger partial charge in [0.2, 0.25) is 0 Å². The van der Waals surface area contributed by atoms with Gasteiger partial charge in [0, 0.05) is 19.0 Å². The molecule has 2 N–H and O–H groups in total. The zero-order chi connectivity index (χ0) is 13.8. The largest absolute Gasteiger partial charge is 0.480 e. The highest BCUT2D eigenvalue weighted by atomic mass is 16.4. The van der Waals surface area contributed by atoms with E-state index in [1.54, 1.807) is 6.92 Å². The van der Waals surface area contributed by atoms with Crippen molar-refractivity contribution < 1.29 is 14.7 Å². The third-order valence-corrected chi connectivity index (χ3v) is 3.53. The molecule has 2 atom stereocenters. The van der Waals surface area contributed by atoms with Crippen molar-refractivity contribution in [3.05, 3.63) is 0 Å². The number of likely N-dealkylation sites (tertiary alicyclic amines) is 1. The third-order valence-electron chi connectivity index (χ3n) is 3.53. The number of carboxylic acid groups (broad SMARTS) is 1. The Morgan fingerprint density at radius 3 is 2.78 bits per heavy atom. The molecule has 0 radical (unpaired) electrons. The fourth-order valence-electron chi connectivity index (χ4n) is 2.20. The molecule has 1 saturated heterocycles. The molecule has 18 heavy (non-hydrogen) atoms. The topological polar surface area (TPSA) is 69.6 Å². The number of carbonyl (C=O) groups is 2. The quantitative estimate of drug-likeness (QED) is 0.744. The summed E-state index contributed by atoms with van der Waals surface area (Å²) in [5, 5.41) is 12.0. The Morgan fingerprint density at radius 2 is 2.28 bits per heavy atom. The van der Waals surface area contributed by atoms with Crippen LogP contribution in [0.4, 0.5) is 4.79 Å². The predicted molar refractivity (Wildman–Crippen MR) is 68.0 cm³/mol. The monoisotopic (exact) mass is 252 g/mol. The summed E-state index contributed by atoms with van der Waals surface area (Å²) in [4.78, 5) is 24.8. The predicted octanol–water partition coefficient (Wildman–Crippen LogP) is 1.44. The molecular formula is C13H20N2O3. The molecule has 1 aliphatic heterocycles. The number of carbonyl (C=O) groups excluding carboxylic acids is 1. The molecule has 0 aromatic carbocycles. The van der Waals surface area contributed by atoms with Gasteiger partial charge in [0.1, 0.15) is 5.54 Å². The number of terminal acetylenes is 1. The highest BCUT2D eigenvalue weighted by Crippen LogP contribution is 2.29. The van der Waals surface area contributed by atoms with E-state index in [2.05, 4.69) is 11.2 Å². The number of hydrogen-bond acceptors (Lipinski definition) is 2. The van der Waals surface area contributed by atoms with Gasteiger partial charge in [0.05, 0.1) is 0 Å². The summed E-state index contributed by atoms with van der Waals surface area (Å²) in [6.07, 6.45) is 7.61. The summed E-state index contributed by atoms with van der Waals surface area (Å²) in [6.45, 7) is 3.99. The van der Waals surface area contributed by atoms with E-state index in [1.165, 1.54) is 4.90 Å². The summed E-state index contributed by atoms with van der Waals surface area (Å²) in [5.41, 5.74) is -1.10. The maximum absolute atomic E-state index is 12.1. The highest BCUT2D eigenvalue weighted by Gasteiger charge is 2.46. The first kappa shape index (κ1) is 14.4. The van der Waals surface area contributed by atoms with E-state index in [0.29, 0.717) is 25.8 Å². The smallest absolute Gasteiger partial charge is 0.329 e. The molecule has 1 aliphatic rings. The van der Waals surface area contributed by atoms with Crippen LogP contribution in [0.3, 0.4) is 0 Å². The summed E-state index contributed by atoms with van der Waals surface area (Å²) < 4.78 is 0. The van der Waals surface area contributed by atoms with Crippen LogP contribution in [-0.4, -0.2) is 40.1 Å². The van der Waals surface area contributed by atoms with Crippen molar-refractivity contribution in [3.63, 3.8) is 0 Å². The Hall–Kier alpha value is -1.70. The first-order valence-electron chi connectivity index (χ1n) is 6.20. The van der Waals surface area contributed by atoms with Gasteiger partial charge in [-0.1, -0.05) is 6.92 Å². The molecule has 1 fully saturated rings. The molecule has 1 heterocycles. The molecule has 0 spiro atoms. The van der Waals surface area contributed by atoms with Crippen LogP contribution in [0.2, 0.25) is 0 Å². The minimum Gasteiger partial charge on any atom is -0.480 e. The number of urea groups is 1. The first-order chi connectivity index (χ1) is 8.45. The lowest BCUT2D eigenvalue weighted by atomic mass is 10.00. The molecular weight excluding hydrogens is 232 g/mol. The van der Waals surface area contributed by atoms with Crippen molar-refractivity contribution in [1.82, 2.24) is 10.2 Å². The van der Waals surface area contributed by atoms with Gasteiger partial charge >= 0.3 is 12.0 Å². The minimum absolute atomic E-state index is 0.0962. The molecule has 2 amide bonds. The van der Waals surface area contributed by atoms with Crippen molar-refractivity contribution in [3.8, 4) is 12.3 Å². The number of rotatable bonds is 4. The lowest BCUT2D eigenvalue weighted by molar-refractivity contribution is -0.147. The van der Waals surface area contributed by atoms with Crippen LogP contribution in [0.15, 0.2) is 0 Å². The van der Waals surface area contributed by atoms with Crippen LogP contribution in [0.1, 0.15) is 39.5 Å². The Bertz CT molecular complexity index is 375. The summed E-state index contributed by atoms with van der Waals surface area (Å²) in [5.74, 6) is 1.55. The average molecular weight is 252 g/mol. The van der Waals surface area contributed by atoms with Crippen LogP contribution >= 0.6 is 0 Å². The van der Waals surface area contributed by atoms with E-state index in [4.69, 9.17) is 6.42 Å². The molecule has 0 bridgehead atoms. The lowest BCUT2D eigenvalue weighted by Crippen LogP contribution is -2.55. The highest BCUT2D eigenvalue weighted by molar-refractivity contribution is 5.86.